The number of anilines is 1. The van der Waals surface area contributed by atoms with Crippen molar-refractivity contribution in [1.82, 2.24) is 15.1 Å². The molecule has 0 fully saturated rings. The smallest absolute Gasteiger partial charge is 0.319 e. The molecule has 0 saturated heterocycles. The Bertz CT molecular complexity index is 405. The van der Waals surface area contributed by atoms with Crippen molar-refractivity contribution in [3.63, 3.8) is 0 Å². The van der Waals surface area contributed by atoms with Crippen molar-refractivity contribution in [3.05, 3.63) is 12.4 Å². The van der Waals surface area contributed by atoms with Gasteiger partial charge in [-0.2, -0.15) is 5.10 Å². The molecule has 0 bridgehead atoms. The summed E-state index contributed by atoms with van der Waals surface area (Å²) < 4.78 is 1.79. The Morgan fingerprint density at radius 2 is 2.26 bits per heavy atom. The van der Waals surface area contributed by atoms with Crippen LogP contribution in [0.25, 0.3) is 0 Å². The zero-order valence-electron chi connectivity index (χ0n) is 11.9. The zero-order valence-corrected chi connectivity index (χ0v) is 11.9. The summed E-state index contributed by atoms with van der Waals surface area (Å²) in [5.41, 5.74) is 0.284. The fourth-order valence-electron chi connectivity index (χ4n) is 1.79. The third kappa shape index (κ3) is 4.90. The van der Waals surface area contributed by atoms with Gasteiger partial charge in [0.15, 0.2) is 0 Å². The van der Waals surface area contributed by atoms with Crippen molar-refractivity contribution in [2.45, 2.75) is 52.1 Å². The first-order valence-electron chi connectivity index (χ1n) is 6.75. The van der Waals surface area contributed by atoms with Gasteiger partial charge in [0.2, 0.25) is 0 Å². The molecule has 1 aromatic rings. The second-order valence-electron chi connectivity index (χ2n) is 4.96. The number of nitrogens with one attached hydrogen (secondary N) is 2. The standard InChI is InChI=1S/C13H24N4O2/c1-4-7-17-10-11(9-14-17)15-12(19)16-13(3,5-2)6-8-18/h9-10,18H,4-8H2,1-3H3,(H2,15,16,19). The summed E-state index contributed by atoms with van der Waals surface area (Å²) in [6.07, 6.45) is 5.72. The van der Waals surface area contributed by atoms with Gasteiger partial charge >= 0.3 is 6.03 Å². The molecule has 1 heterocycles. The lowest BCUT2D eigenvalue weighted by Crippen LogP contribution is -2.48. The van der Waals surface area contributed by atoms with Gasteiger partial charge in [-0.1, -0.05) is 13.8 Å². The van der Waals surface area contributed by atoms with Crippen molar-refractivity contribution < 1.29 is 9.90 Å². The summed E-state index contributed by atoms with van der Waals surface area (Å²) in [5.74, 6) is 0. The van der Waals surface area contributed by atoms with E-state index in [2.05, 4.69) is 22.7 Å². The molecule has 19 heavy (non-hydrogen) atoms. The van der Waals surface area contributed by atoms with Crippen LogP contribution in [0.15, 0.2) is 12.4 Å². The van der Waals surface area contributed by atoms with Gasteiger partial charge in [-0.15, -0.1) is 0 Å². The van der Waals surface area contributed by atoms with Gasteiger partial charge in [0.25, 0.3) is 0 Å². The van der Waals surface area contributed by atoms with E-state index in [1.54, 1.807) is 17.1 Å². The number of urea groups is 1. The number of aryl methyl sites for hydroxylation is 1. The SMILES string of the molecule is CCCn1cc(NC(=O)NC(C)(CC)CCO)cn1. The molecule has 1 rings (SSSR count). The highest BCUT2D eigenvalue weighted by molar-refractivity contribution is 5.89. The minimum Gasteiger partial charge on any atom is -0.396 e. The van der Waals surface area contributed by atoms with Crippen LogP contribution in [-0.2, 0) is 6.54 Å². The summed E-state index contributed by atoms with van der Waals surface area (Å²) in [6, 6.07) is -0.270. The Labute approximate surface area is 114 Å². The third-order valence-electron chi connectivity index (χ3n) is 3.20. The van der Waals surface area contributed by atoms with Gasteiger partial charge in [0.1, 0.15) is 0 Å². The van der Waals surface area contributed by atoms with Crippen molar-refractivity contribution in [3.8, 4) is 0 Å². The molecule has 6 nitrogen and oxygen atoms in total. The first-order valence-corrected chi connectivity index (χ1v) is 6.75. The quantitative estimate of drug-likeness (QED) is 0.707. The molecule has 6 heteroatoms. The summed E-state index contributed by atoms with van der Waals surface area (Å²) in [5, 5.41) is 18.8. The molecule has 0 saturated carbocycles. The molecule has 0 aliphatic rings. The van der Waals surface area contributed by atoms with Crippen LogP contribution in [-0.4, -0.2) is 33.1 Å². The molecule has 0 aliphatic heterocycles. The van der Waals surface area contributed by atoms with E-state index in [9.17, 15) is 4.79 Å². The van der Waals surface area contributed by atoms with E-state index >= 15 is 0 Å². The van der Waals surface area contributed by atoms with Crippen LogP contribution in [0.5, 0.6) is 0 Å². The van der Waals surface area contributed by atoms with E-state index in [0.29, 0.717) is 12.1 Å². The average molecular weight is 268 g/mol. The predicted octanol–water partition coefficient (Wildman–Crippen LogP) is 1.97. The van der Waals surface area contributed by atoms with E-state index < -0.39 is 5.54 Å². The highest BCUT2D eigenvalue weighted by Gasteiger charge is 2.23. The Morgan fingerprint density at radius 3 is 2.84 bits per heavy atom. The minimum absolute atomic E-state index is 0.0546. The summed E-state index contributed by atoms with van der Waals surface area (Å²) in [7, 11) is 0. The number of rotatable bonds is 7. The van der Waals surface area contributed by atoms with Crippen LogP contribution in [0.2, 0.25) is 0 Å². The lowest BCUT2D eigenvalue weighted by molar-refractivity contribution is 0.208. The van der Waals surface area contributed by atoms with Gasteiger partial charge in [0.05, 0.1) is 11.9 Å². The normalized spacial score (nSPS) is 13.9. The molecule has 3 N–H and O–H groups in total. The average Bonchev–Trinajstić information content (AvgIpc) is 2.77. The lowest BCUT2D eigenvalue weighted by atomic mass is 9.95. The lowest BCUT2D eigenvalue weighted by Gasteiger charge is -2.28. The molecule has 108 valence electrons. The molecule has 1 unspecified atom stereocenters. The summed E-state index contributed by atoms with van der Waals surface area (Å²) >= 11 is 0. The molecule has 1 atom stereocenters. The topological polar surface area (TPSA) is 79.2 Å². The van der Waals surface area contributed by atoms with Crippen LogP contribution in [0.1, 0.15) is 40.0 Å². The number of amides is 2. The number of aliphatic hydroxyl groups is 1. The molecule has 1 aromatic heterocycles. The number of hydrogen-bond acceptors (Lipinski definition) is 3. The third-order valence-corrected chi connectivity index (χ3v) is 3.20. The molecular formula is C13H24N4O2. The van der Waals surface area contributed by atoms with Crippen LogP contribution in [0, 0.1) is 0 Å². The molecular weight excluding hydrogens is 244 g/mol. The van der Waals surface area contributed by atoms with E-state index in [1.807, 2.05) is 13.8 Å². The molecule has 0 aromatic carbocycles. The fourth-order valence-corrected chi connectivity index (χ4v) is 1.79. The Morgan fingerprint density at radius 1 is 1.53 bits per heavy atom. The maximum absolute atomic E-state index is 11.9. The minimum atomic E-state index is -0.391. The van der Waals surface area contributed by atoms with Gasteiger partial charge < -0.3 is 15.7 Å². The van der Waals surface area contributed by atoms with E-state index in [4.69, 9.17) is 5.11 Å². The maximum Gasteiger partial charge on any atom is 0.319 e. The Kier molecular flexibility index (Phi) is 5.82. The fraction of sp³-hybridized carbons (Fsp3) is 0.692. The highest BCUT2D eigenvalue weighted by atomic mass is 16.3. The van der Waals surface area contributed by atoms with Crippen LogP contribution >= 0.6 is 0 Å². The van der Waals surface area contributed by atoms with Crippen molar-refractivity contribution in [2.75, 3.05) is 11.9 Å². The van der Waals surface area contributed by atoms with Crippen molar-refractivity contribution in [2.24, 2.45) is 0 Å². The van der Waals surface area contributed by atoms with Gasteiger partial charge in [-0.25, -0.2) is 4.79 Å². The highest BCUT2D eigenvalue weighted by Crippen LogP contribution is 2.14. The number of hydrogen-bond donors (Lipinski definition) is 3. The van der Waals surface area contributed by atoms with Crippen molar-refractivity contribution in [1.29, 1.82) is 0 Å². The Hall–Kier alpha value is -1.56. The van der Waals surface area contributed by atoms with Crippen molar-refractivity contribution >= 4 is 11.7 Å². The van der Waals surface area contributed by atoms with E-state index in [-0.39, 0.29) is 12.6 Å². The monoisotopic (exact) mass is 268 g/mol. The van der Waals surface area contributed by atoms with Crippen LogP contribution in [0.4, 0.5) is 10.5 Å². The number of aliphatic hydroxyl groups excluding tert-OH is 1. The number of nitrogens with zero attached hydrogens (tertiary/aromatic N) is 2. The largest absolute Gasteiger partial charge is 0.396 e. The number of carbonyl (C=O) groups is 1. The van der Waals surface area contributed by atoms with Gasteiger partial charge in [0, 0.05) is 24.9 Å². The maximum atomic E-state index is 11.9. The molecule has 2 amide bonds. The van der Waals surface area contributed by atoms with Crippen LogP contribution in [0.3, 0.4) is 0 Å². The first-order chi connectivity index (χ1) is 9.03. The Balaban J connectivity index is 2.53. The van der Waals surface area contributed by atoms with E-state index in [0.717, 1.165) is 19.4 Å². The number of carbonyl (C=O) groups excluding carboxylic acids is 1. The summed E-state index contributed by atoms with van der Waals surface area (Å²) in [6.45, 7) is 6.86. The second kappa shape index (κ2) is 7.13. The molecule has 0 radical (unpaired) electrons. The van der Waals surface area contributed by atoms with E-state index in [1.165, 1.54) is 0 Å². The van der Waals surface area contributed by atoms with Gasteiger partial charge in [-0.05, 0) is 26.2 Å². The number of aromatic nitrogens is 2. The second-order valence-corrected chi connectivity index (χ2v) is 4.96. The van der Waals surface area contributed by atoms with Crippen LogP contribution < -0.4 is 10.6 Å². The summed E-state index contributed by atoms with van der Waals surface area (Å²) in [4.78, 5) is 11.9. The molecule has 0 spiro atoms. The molecule has 0 aliphatic carbocycles. The zero-order chi connectivity index (χ0) is 14.3. The first kappa shape index (κ1) is 15.5. The van der Waals surface area contributed by atoms with Gasteiger partial charge in [-0.3, -0.25) is 4.68 Å². The predicted molar refractivity (Wildman–Crippen MR) is 75.1 cm³/mol.